The van der Waals surface area contributed by atoms with E-state index in [1.165, 1.54) is 25.7 Å². The van der Waals surface area contributed by atoms with E-state index in [4.69, 9.17) is 17.2 Å². The van der Waals surface area contributed by atoms with Crippen molar-refractivity contribution in [1.82, 2.24) is 0 Å². The topological polar surface area (TPSA) is 112 Å². The highest BCUT2D eigenvalue weighted by molar-refractivity contribution is 5.91. The Morgan fingerprint density at radius 1 is 1.00 bits per heavy atom. The van der Waals surface area contributed by atoms with Crippen molar-refractivity contribution in [3.8, 4) is 0 Å². The summed E-state index contributed by atoms with van der Waals surface area (Å²) in [5.41, 5.74) is 18.0. The Labute approximate surface area is 212 Å². The molecule has 0 aromatic heterocycles. The second-order valence-corrected chi connectivity index (χ2v) is 9.64. The Morgan fingerprint density at radius 3 is 1.50 bits per heavy atom. The Balaban J connectivity index is -0.000000178. The van der Waals surface area contributed by atoms with Gasteiger partial charge in [0.15, 0.2) is 0 Å². The first-order valence-corrected chi connectivity index (χ1v) is 12.8. The molecule has 1 aliphatic rings. The Hall–Kier alpha value is -1.72. The fraction of sp³-hybridized carbons (Fsp3) is 0.724. The first-order chi connectivity index (χ1) is 15.6. The molecule has 0 aliphatic heterocycles. The van der Waals surface area contributed by atoms with Crippen molar-refractivity contribution < 1.29 is 9.59 Å². The van der Waals surface area contributed by atoms with Gasteiger partial charge in [-0.15, -0.1) is 13.2 Å². The second kappa shape index (κ2) is 23.0. The number of hydrogen-bond donors (Lipinski definition) is 3. The zero-order chi connectivity index (χ0) is 28.1. The van der Waals surface area contributed by atoms with Crippen molar-refractivity contribution in [1.29, 1.82) is 0 Å². The molecule has 2 unspecified atom stereocenters. The average molecular weight is 482 g/mol. The van der Waals surface area contributed by atoms with Crippen molar-refractivity contribution in [3.05, 3.63) is 37.5 Å². The van der Waals surface area contributed by atoms with E-state index < -0.39 is 5.91 Å². The van der Waals surface area contributed by atoms with Gasteiger partial charge in [0.25, 0.3) is 0 Å². The van der Waals surface area contributed by atoms with Gasteiger partial charge in [0.05, 0.1) is 0 Å². The molecule has 1 amide bonds. The van der Waals surface area contributed by atoms with Crippen LogP contribution in [0.25, 0.3) is 0 Å². The van der Waals surface area contributed by atoms with Gasteiger partial charge >= 0.3 is 0 Å². The molecule has 6 N–H and O–H groups in total. The lowest BCUT2D eigenvalue weighted by Gasteiger charge is -2.33. The van der Waals surface area contributed by atoms with Crippen LogP contribution in [0, 0.1) is 17.8 Å². The van der Waals surface area contributed by atoms with E-state index in [1.807, 2.05) is 27.7 Å². The predicted molar refractivity (Wildman–Crippen MR) is 152 cm³/mol. The van der Waals surface area contributed by atoms with E-state index in [9.17, 15) is 9.59 Å². The summed E-state index contributed by atoms with van der Waals surface area (Å²) in [4.78, 5) is 20.9. The summed E-state index contributed by atoms with van der Waals surface area (Å²) in [5, 5.41) is 0. The molecule has 1 rings (SSSR count). The number of amides is 1. The normalized spacial score (nSPS) is 13.6. The molecule has 1 fully saturated rings. The zero-order valence-electron chi connectivity index (χ0n) is 24.1. The Bertz CT molecular complexity index is 562. The van der Waals surface area contributed by atoms with Crippen LogP contribution in [-0.4, -0.2) is 23.3 Å². The lowest BCUT2D eigenvalue weighted by Crippen LogP contribution is -2.54. The monoisotopic (exact) mass is 481 g/mol. The van der Waals surface area contributed by atoms with Crippen molar-refractivity contribution in [3.63, 3.8) is 0 Å². The van der Waals surface area contributed by atoms with Crippen LogP contribution in [0.5, 0.6) is 0 Å². The molecule has 34 heavy (non-hydrogen) atoms. The minimum absolute atomic E-state index is 0.0718. The minimum atomic E-state index is -0.403. The largest absolute Gasteiger partial charge is 0.366 e. The summed E-state index contributed by atoms with van der Waals surface area (Å²) in [6, 6.07) is -0.0718. The third kappa shape index (κ3) is 23.4. The number of primary amides is 1. The van der Waals surface area contributed by atoms with Gasteiger partial charge in [0.1, 0.15) is 5.78 Å². The maximum absolute atomic E-state index is 10.6. The summed E-state index contributed by atoms with van der Waals surface area (Å²) in [6.45, 7) is 31.2. The molecule has 0 heterocycles. The molecular weight excluding hydrogens is 422 g/mol. The standard InChI is InChI=1S/C9H20N2.C8H16O.C6H11NO.C4H8.C2H4/c1-5-9(11,6-2)8(10)7(3)4;1-4-5-6-7(2)8(3)9;1-4(2)5(3)6(7)8;1-4-2-3-4;1-2/h8H,3,5-6,10-11H2,1-2,4H3;7H,4-6H2,1-3H3;4H,3H2,1-2H3,(H2,7,8);4H,2-3H2,1H3;1-2H2. The predicted octanol–water partition coefficient (Wildman–Crippen LogP) is 6.71. The quantitative estimate of drug-likeness (QED) is 0.238. The van der Waals surface area contributed by atoms with Crippen molar-refractivity contribution >= 4 is 11.7 Å². The number of rotatable bonds is 10. The number of carbonyl (C=O) groups is 2. The van der Waals surface area contributed by atoms with Gasteiger partial charge < -0.3 is 17.2 Å². The molecule has 1 aliphatic carbocycles. The Kier molecular flexibility index (Phi) is 26.8. The number of nitrogens with two attached hydrogens (primary N) is 3. The highest BCUT2D eigenvalue weighted by Crippen LogP contribution is 2.26. The van der Waals surface area contributed by atoms with E-state index >= 15 is 0 Å². The number of ketones is 1. The molecule has 0 aromatic rings. The number of carbonyl (C=O) groups excluding carboxylic acids is 2. The molecule has 5 heteroatoms. The summed E-state index contributed by atoms with van der Waals surface area (Å²) < 4.78 is 0. The van der Waals surface area contributed by atoms with Crippen LogP contribution in [0.3, 0.4) is 0 Å². The first kappa shape index (κ1) is 39.5. The molecule has 0 aromatic carbocycles. The fourth-order valence-electron chi connectivity index (χ4n) is 2.35. The molecule has 0 bridgehead atoms. The van der Waals surface area contributed by atoms with Crippen molar-refractivity contribution in [2.24, 2.45) is 35.0 Å². The van der Waals surface area contributed by atoms with Crippen LogP contribution in [0.4, 0.5) is 0 Å². The van der Waals surface area contributed by atoms with Gasteiger partial charge in [-0.2, -0.15) is 0 Å². The SMILES string of the molecule is C=C.C=C(C(N)=O)C(C)C.C=C(C)C(N)C(N)(CC)CC.CC1CC1.CCCCC(C)C(C)=O. The van der Waals surface area contributed by atoms with Crippen LogP contribution < -0.4 is 17.2 Å². The maximum atomic E-state index is 10.6. The average Bonchev–Trinajstić information content (AvgIpc) is 3.59. The van der Waals surface area contributed by atoms with Crippen LogP contribution in [0.1, 0.15) is 107 Å². The molecule has 0 saturated heterocycles. The molecule has 202 valence electrons. The van der Waals surface area contributed by atoms with Gasteiger partial charge in [0.2, 0.25) is 5.91 Å². The van der Waals surface area contributed by atoms with Gasteiger partial charge in [-0.05, 0) is 44.9 Å². The van der Waals surface area contributed by atoms with E-state index in [0.717, 1.165) is 30.8 Å². The third-order valence-corrected chi connectivity index (χ3v) is 6.03. The molecule has 0 spiro atoms. The third-order valence-electron chi connectivity index (χ3n) is 6.03. The van der Waals surface area contributed by atoms with Gasteiger partial charge in [0, 0.05) is 23.1 Å². The first-order valence-electron chi connectivity index (χ1n) is 12.8. The lowest BCUT2D eigenvalue weighted by atomic mass is 9.83. The van der Waals surface area contributed by atoms with Crippen LogP contribution >= 0.6 is 0 Å². The summed E-state index contributed by atoms with van der Waals surface area (Å²) in [5.74, 6) is 1.46. The highest BCUT2D eigenvalue weighted by Gasteiger charge is 2.28. The number of hydrogen-bond acceptors (Lipinski definition) is 4. The Morgan fingerprint density at radius 2 is 1.38 bits per heavy atom. The van der Waals surface area contributed by atoms with Gasteiger partial charge in [-0.3, -0.25) is 9.59 Å². The number of unbranched alkanes of at least 4 members (excludes halogenated alkanes) is 1. The molecule has 1 saturated carbocycles. The van der Waals surface area contributed by atoms with Gasteiger partial charge in [-0.1, -0.05) is 92.9 Å². The van der Waals surface area contributed by atoms with E-state index in [2.05, 4.69) is 54.0 Å². The molecule has 5 nitrogen and oxygen atoms in total. The number of Topliss-reactive ketones (excluding diaryl/α,β-unsaturated/α-hetero) is 1. The molecule has 2 atom stereocenters. The summed E-state index contributed by atoms with van der Waals surface area (Å²) >= 11 is 0. The van der Waals surface area contributed by atoms with Crippen molar-refractivity contribution in [2.45, 2.75) is 119 Å². The fourth-order valence-corrected chi connectivity index (χ4v) is 2.35. The highest BCUT2D eigenvalue weighted by atomic mass is 16.1. The van der Waals surface area contributed by atoms with E-state index in [0.29, 0.717) is 11.4 Å². The van der Waals surface area contributed by atoms with Crippen molar-refractivity contribution in [2.75, 3.05) is 0 Å². The lowest BCUT2D eigenvalue weighted by molar-refractivity contribution is -0.120. The second-order valence-electron chi connectivity index (χ2n) is 9.64. The summed E-state index contributed by atoms with van der Waals surface area (Å²) in [7, 11) is 0. The maximum Gasteiger partial charge on any atom is 0.244 e. The zero-order valence-corrected chi connectivity index (χ0v) is 24.1. The smallest absolute Gasteiger partial charge is 0.244 e. The molecular formula is C29H59N3O2. The molecule has 0 radical (unpaired) electrons. The van der Waals surface area contributed by atoms with Gasteiger partial charge in [-0.25, -0.2) is 0 Å². The van der Waals surface area contributed by atoms with Crippen LogP contribution in [0.15, 0.2) is 37.5 Å². The van der Waals surface area contributed by atoms with E-state index in [1.54, 1.807) is 6.92 Å². The van der Waals surface area contributed by atoms with E-state index in [-0.39, 0.29) is 23.4 Å². The minimum Gasteiger partial charge on any atom is -0.366 e. The van der Waals surface area contributed by atoms with Crippen LogP contribution in [0.2, 0.25) is 0 Å². The summed E-state index contributed by atoms with van der Waals surface area (Å²) in [6.07, 6.45) is 8.21. The van der Waals surface area contributed by atoms with Crippen LogP contribution in [-0.2, 0) is 9.59 Å².